The Labute approximate surface area is 148 Å². The monoisotopic (exact) mass is 345 g/mol. The summed E-state index contributed by atoms with van der Waals surface area (Å²) >= 11 is 0. The lowest BCUT2D eigenvalue weighted by Gasteiger charge is -2.47. The summed E-state index contributed by atoms with van der Waals surface area (Å²) < 4.78 is 6.00. The lowest BCUT2D eigenvalue weighted by molar-refractivity contribution is -0.145. The van der Waals surface area contributed by atoms with E-state index in [2.05, 4.69) is 33.7 Å². The van der Waals surface area contributed by atoms with Crippen molar-refractivity contribution in [3.63, 3.8) is 0 Å². The van der Waals surface area contributed by atoms with Crippen LogP contribution >= 0.6 is 0 Å². The van der Waals surface area contributed by atoms with Gasteiger partial charge in [-0.05, 0) is 31.4 Å². The van der Waals surface area contributed by atoms with E-state index < -0.39 is 0 Å². The van der Waals surface area contributed by atoms with Gasteiger partial charge in [-0.25, -0.2) is 5.43 Å². The number of amides is 1. The molecule has 0 bridgehead atoms. The van der Waals surface area contributed by atoms with E-state index in [1.807, 2.05) is 17.2 Å². The van der Waals surface area contributed by atoms with Crippen molar-refractivity contribution in [2.24, 2.45) is 0 Å². The van der Waals surface area contributed by atoms with Gasteiger partial charge in [-0.2, -0.15) is 0 Å². The standard InChI is InChI=1S/C18H27N5O2/c1-13-9-15(21-20-13)18(24)23-6-4-17-16(12-23)22(7-8-25-17)11-14-3-2-5-19-10-14/h2-3,5,10,13,15-17,20-21H,4,6-9,11-12H2,1H3/t13?,15?,16-,17-/m1/s1. The first-order valence-electron chi connectivity index (χ1n) is 9.25. The minimum atomic E-state index is -0.108. The van der Waals surface area contributed by atoms with Crippen molar-refractivity contribution in [2.45, 2.75) is 50.5 Å². The van der Waals surface area contributed by atoms with Crippen LogP contribution < -0.4 is 10.9 Å². The predicted molar refractivity (Wildman–Crippen MR) is 93.5 cm³/mol. The Morgan fingerprint density at radius 2 is 2.32 bits per heavy atom. The van der Waals surface area contributed by atoms with Gasteiger partial charge >= 0.3 is 0 Å². The zero-order chi connectivity index (χ0) is 17.2. The van der Waals surface area contributed by atoms with Crippen LogP contribution in [0.25, 0.3) is 0 Å². The Kier molecular flexibility index (Phi) is 4.98. The lowest BCUT2D eigenvalue weighted by atomic mass is 9.97. The summed E-state index contributed by atoms with van der Waals surface area (Å²) in [5.74, 6) is 0.210. The summed E-state index contributed by atoms with van der Waals surface area (Å²) in [6.45, 7) is 6.15. The van der Waals surface area contributed by atoms with Crippen LogP contribution in [0.1, 0.15) is 25.3 Å². The molecule has 25 heavy (non-hydrogen) atoms. The maximum atomic E-state index is 12.8. The Balaban J connectivity index is 1.43. The average molecular weight is 345 g/mol. The smallest absolute Gasteiger partial charge is 0.241 e. The molecule has 1 aromatic heterocycles. The van der Waals surface area contributed by atoms with Crippen LogP contribution in [0, 0.1) is 0 Å². The number of rotatable bonds is 3. The van der Waals surface area contributed by atoms with Gasteiger partial charge in [0.15, 0.2) is 0 Å². The van der Waals surface area contributed by atoms with Crippen molar-refractivity contribution in [1.29, 1.82) is 0 Å². The van der Waals surface area contributed by atoms with E-state index in [0.29, 0.717) is 6.04 Å². The van der Waals surface area contributed by atoms with E-state index in [0.717, 1.165) is 45.6 Å². The second kappa shape index (κ2) is 7.37. The van der Waals surface area contributed by atoms with Crippen molar-refractivity contribution < 1.29 is 9.53 Å². The molecule has 2 unspecified atom stereocenters. The van der Waals surface area contributed by atoms with Gasteiger partial charge in [0.2, 0.25) is 5.91 Å². The number of nitrogens with zero attached hydrogens (tertiary/aromatic N) is 3. The fourth-order valence-corrected chi connectivity index (χ4v) is 4.16. The fraction of sp³-hybridized carbons (Fsp3) is 0.667. The minimum Gasteiger partial charge on any atom is -0.375 e. The minimum absolute atomic E-state index is 0.108. The third-order valence-electron chi connectivity index (χ3n) is 5.51. The second-order valence-electron chi connectivity index (χ2n) is 7.36. The average Bonchev–Trinajstić information content (AvgIpc) is 3.08. The van der Waals surface area contributed by atoms with Gasteiger partial charge in [-0.1, -0.05) is 6.07 Å². The fourth-order valence-electron chi connectivity index (χ4n) is 4.16. The molecule has 0 saturated carbocycles. The van der Waals surface area contributed by atoms with Crippen LogP contribution in [0.3, 0.4) is 0 Å². The van der Waals surface area contributed by atoms with E-state index in [4.69, 9.17) is 4.74 Å². The van der Waals surface area contributed by atoms with Crippen molar-refractivity contribution in [1.82, 2.24) is 25.6 Å². The van der Waals surface area contributed by atoms with Crippen molar-refractivity contribution >= 4 is 5.91 Å². The predicted octanol–water partition coefficient (Wildman–Crippen LogP) is 0.138. The van der Waals surface area contributed by atoms with E-state index in [9.17, 15) is 4.79 Å². The molecule has 7 nitrogen and oxygen atoms in total. The number of hydrazine groups is 1. The molecule has 3 aliphatic rings. The molecule has 3 saturated heterocycles. The van der Waals surface area contributed by atoms with Crippen LogP contribution in [0.2, 0.25) is 0 Å². The Morgan fingerprint density at radius 1 is 1.40 bits per heavy atom. The number of likely N-dealkylation sites (tertiary alicyclic amines) is 1. The summed E-state index contributed by atoms with van der Waals surface area (Å²) in [4.78, 5) is 21.5. The van der Waals surface area contributed by atoms with Gasteiger partial charge in [0.05, 0.1) is 18.8 Å². The number of hydrogen-bond donors (Lipinski definition) is 2. The van der Waals surface area contributed by atoms with E-state index in [1.165, 1.54) is 5.56 Å². The molecule has 2 N–H and O–H groups in total. The van der Waals surface area contributed by atoms with Gasteiger partial charge in [0, 0.05) is 44.6 Å². The topological polar surface area (TPSA) is 69.7 Å². The van der Waals surface area contributed by atoms with Gasteiger partial charge in [0.25, 0.3) is 0 Å². The highest BCUT2D eigenvalue weighted by atomic mass is 16.5. The highest BCUT2D eigenvalue weighted by Crippen LogP contribution is 2.25. The molecule has 4 heterocycles. The summed E-state index contributed by atoms with van der Waals surface area (Å²) in [5, 5.41) is 0. The van der Waals surface area contributed by atoms with Crippen molar-refractivity contribution in [3.05, 3.63) is 30.1 Å². The normalized spacial score (nSPS) is 33.2. The Morgan fingerprint density at radius 3 is 3.08 bits per heavy atom. The number of carbonyl (C=O) groups is 1. The molecular formula is C18H27N5O2. The molecule has 1 amide bonds. The van der Waals surface area contributed by atoms with Gasteiger partial charge in [0.1, 0.15) is 6.04 Å². The number of pyridine rings is 1. The molecule has 1 aromatic rings. The summed E-state index contributed by atoms with van der Waals surface area (Å²) in [5.41, 5.74) is 7.49. The number of fused-ring (bicyclic) bond motifs is 1. The number of ether oxygens (including phenoxy) is 1. The summed E-state index contributed by atoms with van der Waals surface area (Å²) in [6, 6.07) is 4.58. The molecule has 4 rings (SSSR count). The highest BCUT2D eigenvalue weighted by Gasteiger charge is 2.40. The number of morpholine rings is 1. The van der Waals surface area contributed by atoms with Gasteiger partial charge < -0.3 is 9.64 Å². The largest absolute Gasteiger partial charge is 0.375 e. The maximum absolute atomic E-state index is 12.8. The number of nitrogens with one attached hydrogen (secondary N) is 2. The molecule has 3 fully saturated rings. The highest BCUT2D eigenvalue weighted by molar-refractivity contribution is 5.82. The summed E-state index contributed by atoms with van der Waals surface area (Å²) in [6.07, 6.45) is 5.71. The van der Waals surface area contributed by atoms with E-state index >= 15 is 0 Å². The molecule has 0 aliphatic carbocycles. The quantitative estimate of drug-likeness (QED) is 0.812. The maximum Gasteiger partial charge on any atom is 0.241 e. The number of aromatic nitrogens is 1. The Hall–Kier alpha value is -1.54. The van der Waals surface area contributed by atoms with Crippen molar-refractivity contribution in [3.8, 4) is 0 Å². The van der Waals surface area contributed by atoms with Gasteiger partial charge in [-0.15, -0.1) is 0 Å². The third-order valence-corrected chi connectivity index (χ3v) is 5.51. The second-order valence-corrected chi connectivity index (χ2v) is 7.36. The molecule has 0 aromatic carbocycles. The SMILES string of the molecule is CC1CC(C(=O)N2CC[C@H]3OCCN(Cc4cccnc4)[C@@H]3C2)NN1. The van der Waals surface area contributed by atoms with Crippen molar-refractivity contribution in [2.75, 3.05) is 26.2 Å². The third kappa shape index (κ3) is 3.69. The molecule has 7 heteroatoms. The molecule has 136 valence electrons. The van der Waals surface area contributed by atoms with Crippen LogP contribution in [0.15, 0.2) is 24.5 Å². The zero-order valence-corrected chi connectivity index (χ0v) is 14.7. The molecule has 3 aliphatic heterocycles. The molecule has 0 spiro atoms. The first-order chi connectivity index (χ1) is 12.2. The van der Waals surface area contributed by atoms with Crippen LogP contribution in [-0.4, -0.2) is 71.2 Å². The lowest BCUT2D eigenvalue weighted by Crippen LogP contribution is -2.62. The first-order valence-corrected chi connectivity index (χ1v) is 9.25. The first kappa shape index (κ1) is 16.9. The van der Waals surface area contributed by atoms with Crippen LogP contribution in [0.5, 0.6) is 0 Å². The van der Waals surface area contributed by atoms with E-state index in [-0.39, 0.29) is 24.1 Å². The number of carbonyl (C=O) groups excluding carboxylic acids is 1. The molecule has 4 atom stereocenters. The van der Waals surface area contributed by atoms with Crippen LogP contribution in [-0.2, 0) is 16.1 Å². The van der Waals surface area contributed by atoms with Gasteiger partial charge in [-0.3, -0.25) is 20.1 Å². The summed E-state index contributed by atoms with van der Waals surface area (Å²) in [7, 11) is 0. The Bertz CT molecular complexity index is 598. The number of hydrogen-bond acceptors (Lipinski definition) is 6. The number of piperidine rings is 1. The zero-order valence-electron chi connectivity index (χ0n) is 14.7. The molecule has 0 radical (unpaired) electrons. The van der Waals surface area contributed by atoms with E-state index in [1.54, 1.807) is 6.20 Å². The van der Waals surface area contributed by atoms with Crippen LogP contribution in [0.4, 0.5) is 0 Å². The molecular weight excluding hydrogens is 318 g/mol.